The Labute approximate surface area is 263 Å². The molecule has 3 heterocycles. The fraction of sp³-hybridized carbons (Fsp3) is 0. The van der Waals surface area contributed by atoms with E-state index in [-0.39, 0.29) is 0 Å². The Morgan fingerprint density at radius 2 is 1.17 bits per heavy atom. The zero-order valence-corrected chi connectivity index (χ0v) is 24.7. The van der Waals surface area contributed by atoms with E-state index in [4.69, 9.17) is 14.4 Å². The number of furan rings is 1. The SMILES string of the molecule is c1ccc(-c2cccc(-c3nc4c(ccc5ccccc54)nc3-n3c4ccccc4c4cc5c(cc43)oc3ccccc35)c2)cc1. The standard InChI is InChI=1S/C42H25N3O/c1-2-11-26(12-3-1)28-14-10-15-29(23-28)40-42(43-35-22-21-27-13-4-5-16-30(27)41(35)44-40)45-36-19-8-6-17-31(36)33-24-34-32-18-7-9-20-38(32)46-39(34)25-37(33)45/h1-25H. The minimum Gasteiger partial charge on any atom is -0.456 e. The van der Waals surface area contributed by atoms with Gasteiger partial charge < -0.3 is 4.42 Å². The second kappa shape index (κ2) is 9.62. The van der Waals surface area contributed by atoms with Crippen LogP contribution in [0.3, 0.4) is 0 Å². The van der Waals surface area contributed by atoms with Crippen molar-refractivity contribution in [1.29, 1.82) is 0 Å². The second-order valence-electron chi connectivity index (χ2n) is 11.8. The lowest BCUT2D eigenvalue weighted by molar-refractivity contribution is 0.669. The Balaban J connectivity index is 1.34. The quantitative estimate of drug-likeness (QED) is 0.193. The molecule has 7 aromatic carbocycles. The second-order valence-corrected chi connectivity index (χ2v) is 11.8. The van der Waals surface area contributed by atoms with Crippen LogP contribution in [0.4, 0.5) is 0 Å². The van der Waals surface area contributed by atoms with Crippen molar-refractivity contribution in [3.63, 3.8) is 0 Å². The van der Waals surface area contributed by atoms with Crippen LogP contribution in [0.5, 0.6) is 0 Å². The Kier molecular flexibility index (Phi) is 5.25. The summed E-state index contributed by atoms with van der Waals surface area (Å²) in [5, 5.41) is 6.77. The summed E-state index contributed by atoms with van der Waals surface area (Å²) in [6.45, 7) is 0. The fourth-order valence-corrected chi connectivity index (χ4v) is 7.02. The van der Waals surface area contributed by atoms with Gasteiger partial charge in [-0.25, -0.2) is 9.97 Å². The molecule has 10 rings (SSSR count). The van der Waals surface area contributed by atoms with Crippen LogP contribution in [0.2, 0.25) is 0 Å². The highest BCUT2D eigenvalue weighted by atomic mass is 16.3. The maximum atomic E-state index is 6.40. The maximum Gasteiger partial charge on any atom is 0.165 e. The molecule has 10 aromatic rings. The molecule has 0 aliphatic rings. The molecule has 46 heavy (non-hydrogen) atoms. The van der Waals surface area contributed by atoms with Gasteiger partial charge in [0, 0.05) is 38.6 Å². The molecule has 0 atom stereocenters. The number of fused-ring (bicyclic) bond motifs is 9. The molecule has 3 aromatic heterocycles. The zero-order chi connectivity index (χ0) is 30.2. The number of para-hydroxylation sites is 2. The number of hydrogen-bond donors (Lipinski definition) is 0. The third-order valence-corrected chi connectivity index (χ3v) is 9.17. The van der Waals surface area contributed by atoms with E-state index in [9.17, 15) is 0 Å². The predicted molar refractivity (Wildman–Crippen MR) is 190 cm³/mol. The van der Waals surface area contributed by atoms with Crippen LogP contribution in [0.15, 0.2) is 156 Å². The maximum absolute atomic E-state index is 6.40. The predicted octanol–water partition coefficient (Wildman–Crippen LogP) is 11.1. The van der Waals surface area contributed by atoms with E-state index in [1.165, 1.54) is 0 Å². The monoisotopic (exact) mass is 587 g/mol. The first-order valence-corrected chi connectivity index (χ1v) is 15.5. The van der Waals surface area contributed by atoms with Crippen molar-refractivity contribution in [2.24, 2.45) is 0 Å². The third kappa shape index (κ3) is 3.67. The van der Waals surface area contributed by atoms with Gasteiger partial charge in [0.15, 0.2) is 5.82 Å². The molecule has 0 aliphatic carbocycles. The zero-order valence-electron chi connectivity index (χ0n) is 24.7. The number of nitrogens with zero attached hydrogens (tertiary/aromatic N) is 3. The summed E-state index contributed by atoms with van der Waals surface area (Å²) in [7, 11) is 0. The minimum atomic E-state index is 0.787. The Hall–Kier alpha value is -6.26. The molecule has 0 N–H and O–H groups in total. The van der Waals surface area contributed by atoms with Crippen molar-refractivity contribution in [2.45, 2.75) is 0 Å². The Morgan fingerprint density at radius 3 is 2.09 bits per heavy atom. The van der Waals surface area contributed by atoms with Gasteiger partial charge in [-0.1, -0.05) is 115 Å². The van der Waals surface area contributed by atoms with E-state index in [1.54, 1.807) is 0 Å². The summed E-state index contributed by atoms with van der Waals surface area (Å²) < 4.78 is 8.66. The molecule has 214 valence electrons. The van der Waals surface area contributed by atoms with Gasteiger partial charge in [-0.3, -0.25) is 4.57 Å². The highest BCUT2D eigenvalue weighted by molar-refractivity contribution is 6.17. The Morgan fingerprint density at radius 1 is 0.435 bits per heavy atom. The summed E-state index contributed by atoms with van der Waals surface area (Å²) >= 11 is 0. The molecule has 0 fully saturated rings. The lowest BCUT2D eigenvalue weighted by Gasteiger charge is -2.15. The van der Waals surface area contributed by atoms with Crippen LogP contribution < -0.4 is 0 Å². The van der Waals surface area contributed by atoms with Gasteiger partial charge in [0.1, 0.15) is 16.9 Å². The molecule has 0 amide bonds. The molecule has 0 aliphatic heterocycles. The number of rotatable bonds is 3. The summed E-state index contributed by atoms with van der Waals surface area (Å²) in [6, 6.07) is 53.0. The largest absolute Gasteiger partial charge is 0.456 e. The van der Waals surface area contributed by atoms with Gasteiger partial charge in [0.2, 0.25) is 0 Å². The molecule has 0 spiro atoms. The first-order chi connectivity index (χ1) is 22.8. The topological polar surface area (TPSA) is 43.9 Å². The van der Waals surface area contributed by atoms with Crippen LogP contribution in [0.25, 0.3) is 93.8 Å². The summed E-state index contributed by atoms with van der Waals surface area (Å²) in [5.41, 5.74) is 9.72. The third-order valence-electron chi connectivity index (χ3n) is 9.17. The van der Waals surface area contributed by atoms with E-state index in [0.717, 1.165) is 93.8 Å². The van der Waals surface area contributed by atoms with Crippen molar-refractivity contribution >= 4 is 65.6 Å². The summed E-state index contributed by atoms with van der Waals surface area (Å²) in [5.74, 6) is 0.787. The summed E-state index contributed by atoms with van der Waals surface area (Å²) in [6.07, 6.45) is 0. The fourth-order valence-electron chi connectivity index (χ4n) is 7.02. The van der Waals surface area contributed by atoms with Crippen molar-refractivity contribution in [1.82, 2.24) is 14.5 Å². The van der Waals surface area contributed by atoms with Gasteiger partial charge in [0.25, 0.3) is 0 Å². The highest BCUT2D eigenvalue weighted by Crippen LogP contribution is 2.40. The minimum absolute atomic E-state index is 0.787. The van der Waals surface area contributed by atoms with Crippen LogP contribution in [-0.2, 0) is 0 Å². The lowest BCUT2D eigenvalue weighted by Crippen LogP contribution is -2.04. The van der Waals surface area contributed by atoms with Crippen molar-refractivity contribution < 1.29 is 4.42 Å². The smallest absolute Gasteiger partial charge is 0.165 e. The first-order valence-electron chi connectivity index (χ1n) is 15.5. The molecular weight excluding hydrogens is 562 g/mol. The molecule has 0 bridgehead atoms. The number of aromatic nitrogens is 3. The van der Waals surface area contributed by atoms with Gasteiger partial charge in [-0.15, -0.1) is 0 Å². The molecule has 4 nitrogen and oxygen atoms in total. The first kappa shape index (κ1) is 25.1. The van der Waals surface area contributed by atoms with Gasteiger partial charge in [0.05, 0.1) is 22.1 Å². The normalized spacial score (nSPS) is 11.9. The van der Waals surface area contributed by atoms with E-state index >= 15 is 0 Å². The molecule has 0 saturated heterocycles. The Bertz CT molecular complexity index is 2810. The molecule has 0 saturated carbocycles. The summed E-state index contributed by atoms with van der Waals surface area (Å²) in [4.78, 5) is 10.9. The van der Waals surface area contributed by atoms with Crippen LogP contribution in [0, 0.1) is 0 Å². The molecule has 0 radical (unpaired) electrons. The molecule has 0 unspecified atom stereocenters. The lowest BCUT2D eigenvalue weighted by atomic mass is 10.0. The van der Waals surface area contributed by atoms with Crippen molar-refractivity contribution in [3.8, 4) is 28.2 Å². The average Bonchev–Trinajstić information content (AvgIpc) is 3.65. The number of benzene rings is 7. The van der Waals surface area contributed by atoms with E-state index in [2.05, 4.69) is 138 Å². The molecule has 4 heteroatoms. The highest BCUT2D eigenvalue weighted by Gasteiger charge is 2.21. The van der Waals surface area contributed by atoms with E-state index in [1.807, 2.05) is 18.2 Å². The van der Waals surface area contributed by atoms with Crippen molar-refractivity contribution in [2.75, 3.05) is 0 Å². The van der Waals surface area contributed by atoms with Gasteiger partial charge in [-0.2, -0.15) is 0 Å². The van der Waals surface area contributed by atoms with Gasteiger partial charge in [-0.05, 0) is 46.8 Å². The van der Waals surface area contributed by atoms with Crippen LogP contribution >= 0.6 is 0 Å². The molecular formula is C42H25N3O. The van der Waals surface area contributed by atoms with Crippen molar-refractivity contribution in [3.05, 3.63) is 152 Å². The van der Waals surface area contributed by atoms with E-state index < -0.39 is 0 Å². The average molecular weight is 588 g/mol. The van der Waals surface area contributed by atoms with E-state index in [0.29, 0.717) is 0 Å². The number of hydrogen-bond acceptors (Lipinski definition) is 3. The van der Waals surface area contributed by atoms with Crippen LogP contribution in [-0.4, -0.2) is 14.5 Å². The van der Waals surface area contributed by atoms with Gasteiger partial charge >= 0.3 is 0 Å². The van der Waals surface area contributed by atoms with Crippen LogP contribution in [0.1, 0.15) is 0 Å².